The van der Waals surface area contributed by atoms with E-state index in [1.807, 2.05) is 0 Å². The minimum Gasteiger partial charge on any atom is -0.462 e. The summed E-state index contributed by atoms with van der Waals surface area (Å²) in [5.74, 6) is 0.842. The van der Waals surface area contributed by atoms with Crippen LogP contribution in [0.15, 0.2) is 0 Å². The molecule has 0 aliphatic heterocycles. The van der Waals surface area contributed by atoms with Gasteiger partial charge in [-0.3, -0.25) is 14.4 Å². The molecule has 0 rings (SSSR count). The summed E-state index contributed by atoms with van der Waals surface area (Å²) in [6.07, 6.45) is 46.5. The summed E-state index contributed by atoms with van der Waals surface area (Å²) in [6.45, 7) is 11.4. The van der Waals surface area contributed by atoms with Gasteiger partial charge in [0.25, 0.3) is 0 Å². The second-order valence-corrected chi connectivity index (χ2v) is 18.6. The highest BCUT2D eigenvalue weighted by molar-refractivity contribution is 5.71. The molecular formula is C53H102O6. The molecule has 0 saturated carbocycles. The van der Waals surface area contributed by atoms with E-state index in [-0.39, 0.29) is 31.1 Å². The molecule has 350 valence electrons. The van der Waals surface area contributed by atoms with Crippen molar-refractivity contribution in [2.24, 2.45) is 11.8 Å². The SMILES string of the molecule is CCCCCCCCCCCCCCCCCCCC(=O)OC[C@H](COC(=O)CCCCCCCCCCC(C)CC)OC(=O)CCCCCCCCCCC(C)CC. The molecule has 6 heteroatoms. The first kappa shape index (κ1) is 57.4. The molecule has 6 nitrogen and oxygen atoms in total. The zero-order valence-electron chi connectivity index (χ0n) is 40.4. The van der Waals surface area contributed by atoms with Crippen molar-refractivity contribution in [2.75, 3.05) is 13.2 Å². The van der Waals surface area contributed by atoms with Crippen molar-refractivity contribution in [3.63, 3.8) is 0 Å². The Morgan fingerprint density at radius 2 is 0.593 bits per heavy atom. The number of unbranched alkanes of at least 4 members (excludes halogenated alkanes) is 30. The van der Waals surface area contributed by atoms with Crippen LogP contribution in [0, 0.1) is 11.8 Å². The number of rotatable bonds is 47. The van der Waals surface area contributed by atoms with Crippen molar-refractivity contribution in [1.82, 2.24) is 0 Å². The molecule has 0 aromatic heterocycles. The Labute approximate surface area is 368 Å². The minimum absolute atomic E-state index is 0.0643. The molecule has 0 amide bonds. The number of esters is 3. The van der Waals surface area contributed by atoms with E-state index in [9.17, 15) is 14.4 Å². The Kier molecular flexibility index (Phi) is 44.7. The fourth-order valence-corrected chi connectivity index (χ4v) is 7.93. The smallest absolute Gasteiger partial charge is 0.306 e. The van der Waals surface area contributed by atoms with Crippen LogP contribution in [0.3, 0.4) is 0 Å². The van der Waals surface area contributed by atoms with Gasteiger partial charge in [-0.25, -0.2) is 0 Å². The monoisotopic (exact) mass is 835 g/mol. The van der Waals surface area contributed by atoms with Crippen molar-refractivity contribution < 1.29 is 28.6 Å². The number of ether oxygens (including phenoxy) is 3. The molecule has 3 atom stereocenters. The summed E-state index contributed by atoms with van der Waals surface area (Å²) in [6, 6.07) is 0. The van der Waals surface area contributed by atoms with Crippen LogP contribution in [0.25, 0.3) is 0 Å². The van der Waals surface area contributed by atoms with Crippen LogP contribution in [-0.4, -0.2) is 37.2 Å². The molecule has 0 heterocycles. The number of carbonyl (C=O) groups is 3. The van der Waals surface area contributed by atoms with Gasteiger partial charge in [-0.15, -0.1) is 0 Å². The first-order valence-electron chi connectivity index (χ1n) is 26.3. The molecule has 59 heavy (non-hydrogen) atoms. The van der Waals surface area contributed by atoms with Gasteiger partial charge in [-0.05, 0) is 31.1 Å². The second kappa shape index (κ2) is 45.9. The van der Waals surface area contributed by atoms with Gasteiger partial charge in [0.15, 0.2) is 6.10 Å². The fraction of sp³-hybridized carbons (Fsp3) is 0.943. The topological polar surface area (TPSA) is 78.9 Å². The zero-order chi connectivity index (χ0) is 43.3. The van der Waals surface area contributed by atoms with Gasteiger partial charge in [0.1, 0.15) is 13.2 Å². The van der Waals surface area contributed by atoms with Gasteiger partial charge in [0, 0.05) is 19.3 Å². The lowest BCUT2D eigenvalue weighted by molar-refractivity contribution is -0.167. The summed E-state index contributed by atoms with van der Waals surface area (Å²) in [5, 5.41) is 0. The van der Waals surface area contributed by atoms with Crippen molar-refractivity contribution in [2.45, 2.75) is 298 Å². The maximum atomic E-state index is 12.8. The molecule has 0 radical (unpaired) electrons. The van der Waals surface area contributed by atoms with Crippen LogP contribution < -0.4 is 0 Å². The Hall–Kier alpha value is -1.59. The number of hydrogen-bond acceptors (Lipinski definition) is 6. The van der Waals surface area contributed by atoms with E-state index >= 15 is 0 Å². The third-order valence-corrected chi connectivity index (χ3v) is 12.7. The van der Waals surface area contributed by atoms with Crippen molar-refractivity contribution in [1.29, 1.82) is 0 Å². The third kappa shape index (κ3) is 44.3. The molecular weight excluding hydrogens is 733 g/mol. The fourth-order valence-electron chi connectivity index (χ4n) is 7.93. The van der Waals surface area contributed by atoms with E-state index in [1.54, 1.807) is 0 Å². The summed E-state index contributed by atoms with van der Waals surface area (Å²) in [4.78, 5) is 37.9. The second-order valence-electron chi connectivity index (χ2n) is 18.6. The normalized spacial score (nSPS) is 13.0. The van der Waals surface area contributed by atoms with Crippen LogP contribution in [-0.2, 0) is 28.6 Å². The average Bonchev–Trinajstić information content (AvgIpc) is 3.23. The van der Waals surface area contributed by atoms with E-state index in [0.29, 0.717) is 19.3 Å². The lowest BCUT2D eigenvalue weighted by Crippen LogP contribution is -2.30. The van der Waals surface area contributed by atoms with Gasteiger partial charge >= 0.3 is 17.9 Å². The molecule has 0 spiro atoms. The molecule has 0 aromatic carbocycles. The average molecular weight is 835 g/mol. The van der Waals surface area contributed by atoms with Gasteiger partial charge in [-0.2, -0.15) is 0 Å². The maximum Gasteiger partial charge on any atom is 0.306 e. The zero-order valence-corrected chi connectivity index (χ0v) is 40.4. The third-order valence-electron chi connectivity index (χ3n) is 12.7. The predicted octanol–water partition coefficient (Wildman–Crippen LogP) is 16.9. The molecule has 0 aliphatic carbocycles. The van der Waals surface area contributed by atoms with E-state index in [2.05, 4.69) is 34.6 Å². The Morgan fingerprint density at radius 1 is 0.339 bits per heavy atom. The molecule has 0 fully saturated rings. The van der Waals surface area contributed by atoms with Crippen LogP contribution in [0.2, 0.25) is 0 Å². The quantitative estimate of drug-likeness (QED) is 0.0345. The van der Waals surface area contributed by atoms with Gasteiger partial charge < -0.3 is 14.2 Å². The number of carbonyl (C=O) groups excluding carboxylic acids is 3. The van der Waals surface area contributed by atoms with Crippen LogP contribution in [0.5, 0.6) is 0 Å². The molecule has 0 bridgehead atoms. The lowest BCUT2D eigenvalue weighted by Gasteiger charge is -2.18. The van der Waals surface area contributed by atoms with E-state index in [0.717, 1.165) is 69.6 Å². The number of hydrogen-bond donors (Lipinski definition) is 0. The highest BCUT2D eigenvalue weighted by Gasteiger charge is 2.19. The van der Waals surface area contributed by atoms with Crippen LogP contribution in [0.1, 0.15) is 291 Å². The summed E-state index contributed by atoms with van der Waals surface area (Å²) < 4.78 is 16.8. The van der Waals surface area contributed by atoms with E-state index in [4.69, 9.17) is 14.2 Å². The van der Waals surface area contributed by atoms with Gasteiger partial charge in [0.2, 0.25) is 0 Å². The van der Waals surface area contributed by atoms with E-state index < -0.39 is 6.10 Å². The van der Waals surface area contributed by atoms with Crippen LogP contribution in [0.4, 0.5) is 0 Å². The molecule has 2 unspecified atom stereocenters. The van der Waals surface area contributed by atoms with Crippen molar-refractivity contribution in [3.05, 3.63) is 0 Å². The largest absolute Gasteiger partial charge is 0.462 e. The maximum absolute atomic E-state index is 12.8. The Bertz CT molecular complexity index is 904. The standard InChI is InChI=1S/C53H102O6/c1-6-9-10-11-12-13-14-15-16-17-18-19-20-21-28-33-38-43-51(54)57-46-50(59-53(56)45-40-35-30-25-23-27-32-37-42-49(5)8-3)47-58-52(55)44-39-34-29-24-22-26-31-36-41-48(4)7-2/h48-50H,6-47H2,1-5H3/t48?,49?,50-/m1/s1. The summed E-state index contributed by atoms with van der Waals surface area (Å²) in [7, 11) is 0. The molecule has 0 N–H and O–H groups in total. The Balaban J connectivity index is 4.30. The first-order valence-corrected chi connectivity index (χ1v) is 26.3. The minimum atomic E-state index is -0.762. The predicted molar refractivity (Wildman–Crippen MR) is 252 cm³/mol. The van der Waals surface area contributed by atoms with E-state index in [1.165, 1.54) is 180 Å². The highest BCUT2D eigenvalue weighted by Crippen LogP contribution is 2.18. The van der Waals surface area contributed by atoms with Crippen LogP contribution >= 0.6 is 0 Å². The van der Waals surface area contributed by atoms with Gasteiger partial charge in [-0.1, -0.05) is 253 Å². The Morgan fingerprint density at radius 3 is 0.881 bits per heavy atom. The molecule has 0 saturated heterocycles. The summed E-state index contributed by atoms with van der Waals surface area (Å²) >= 11 is 0. The highest BCUT2D eigenvalue weighted by atomic mass is 16.6. The molecule has 0 aromatic rings. The first-order chi connectivity index (χ1) is 28.8. The lowest BCUT2D eigenvalue weighted by atomic mass is 9.99. The van der Waals surface area contributed by atoms with Crippen molar-refractivity contribution in [3.8, 4) is 0 Å². The molecule has 0 aliphatic rings. The summed E-state index contributed by atoms with van der Waals surface area (Å²) in [5.41, 5.74) is 0. The van der Waals surface area contributed by atoms with Crippen molar-refractivity contribution >= 4 is 17.9 Å². The van der Waals surface area contributed by atoms with Gasteiger partial charge in [0.05, 0.1) is 0 Å².